The topological polar surface area (TPSA) is 81.1 Å². The Hall–Kier alpha value is -2.25. The average Bonchev–Trinajstić information content (AvgIpc) is 3.02. The van der Waals surface area contributed by atoms with Crippen molar-refractivity contribution in [1.82, 2.24) is 25.6 Å². The van der Waals surface area contributed by atoms with Gasteiger partial charge in [-0.15, -0.1) is 5.10 Å². The van der Waals surface area contributed by atoms with Gasteiger partial charge in [0.05, 0.1) is 30.1 Å². The van der Waals surface area contributed by atoms with E-state index in [9.17, 15) is 4.79 Å². The third-order valence-electron chi connectivity index (χ3n) is 5.09. The van der Waals surface area contributed by atoms with Gasteiger partial charge in [-0.05, 0) is 45.0 Å². The number of aromatic nitrogens is 3. The van der Waals surface area contributed by atoms with E-state index in [4.69, 9.17) is 4.74 Å². The van der Waals surface area contributed by atoms with Crippen molar-refractivity contribution in [3.05, 3.63) is 41.7 Å². The Labute approximate surface area is 154 Å². The van der Waals surface area contributed by atoms with E-state index in [1.165, 1.54) is 0 Å². The molecule has 3 rings (SSSR count). The van der Waals surface area contributed by atoms with Crippen LogP contribution in [0.1, 0.15) is 24.2 Å². The predicted molar refractivity (Wildman–Crippen MR) is 99.2 cm³/mol. The Morgan fingerprint density at radius 2 is 2.04 bits per heavy atom. The quantitative estimate of drug-likeness (QED) is 0.779. The molecule has 140 valence electrons. The van der Waals surface area contributed by atoms with Crippen LogP contribution >= 0.6 is 0 Å². The monoisotopic (exact) mass is 357 g/mol. The maximum absolute atomic E-state index is 12.5. The first-order valence-corrected chi connectivity index (χ1v) is 9.06. The summed E-state index contributed by atoms with van der Waals surface area (Å²) in [5, 5.41) is 14.8. The molecule has 1 aliphatic rings. The van der Waals surface area contributed by atoms with Gasteiger partial charge in [0.15, 0.2) is 0 Å². The number of methoxy groups -OCH3 is 1. The van der Waals surface area contributed by atoms with Crippen molar-refractivity contribution in [1.29, 1.82) is 0 Å². The van der Waals surface area contributed by atoms with Crippen molar-refractivity contribution in [3.8, 4) is 5.69 Å². The minimum absolute atomic E-state index is 0.0202. The predicted octanol–water partition coefficient (Wildman–Crippen LogP) is 1.25. The van der Waals surface area contributed by atoms with E-state index in [1.807, 2.05) is 37.3 Å². The van der Waals surface area contributed by atoms with Crippen molar-refractivity contribution >= 4 is 5.91 Å². The second kappa shape index (κ2) is 8.42. The first kappa shape index (κ1) is 18.5. The molecule has 26 heavy (non-hydrogen) atoms. The fourth-order valence-electron chi connectivity index (χ4n) is 3.47. The summed E-state index contributed by atoms with van der Waals surface area (Å²) in [6.07, 6.45) is 2.24. The summed E-state index contributed by atoms with van der Waals surface area (Å²) in [6.45, 7) is 5.16. The van der Waals surface area contributed by atoms with Crippen molar-refractivity contribution in [3.63, 3.8) is 0 Å². The lowest BCUT2D eigenvalue weighted by molar-refractivity contribution is -0.121. The summed E-state index contributed by atoms with van der Waals surface area (Å²) < 4.78 is 7.17. The zero-order valence-electron chi connectivity index (χ0n) is 15.5. The van der Waals surface area contributed by atoms with Gasteiger partial charge in [-0.25, -0.2) is 4.68 Å². The van der Waals surface area contributed by atoms with Gasteiger partial charge in [0.2, 0.25) is 5.91 Å². The first-order valence-electron chi connectivity index (χ1n) is 9.06. The van der Waals surface area contributed by atoms with Crippen LogP contribution in [-0.2, 0) is 16.0 Å². The molecule has 7 nitrogen and oxygen atoms in total. The number of carbonyl (C=O) groups excluding carboxylic acids is 1. The second-order valence-electron chi connectivity index (χ2n) is 7.01. The van der Waals surface area contributed by atoms with E-state index in [0.717, 1.165) is 37.3 Å². The lowest BCUT2D eigenvalue weighted by Gasteiger charge is -2.37. The van der Waals surface area contributed by atoms with Crippen molar-refractivity contribution < 1.29 is 9.53 Å². The van der Waals surface area contributed by atoms with E-state index in [0.29, 0.717) is 18.8 Å². The molecule has 0 saturated carbocycles. The maximum atomic E-state index is 12.5. The van der Waals surface area contributed by atoms with Crippen LogP contribution in [-0.4, -0.2) is 54.3 Å². The van der Waals surface area contributed by atoms with Gasteiger partial charge in [0.1, 0.15) is 0 Å². The van der Waals surface area contributed by atoms with Crippen LogP contribution in [0, 0.1) is 12.3 Å². The standard InChI is InChI=1S/C19H27N5O2/c1-15-17(22-23-24(15)16-6-4-3-5-7-16)12-18(25)21-13-19(14-26-2)8-10-20-11-9-19/h3-7,20H,8-14H2,1-2H3,(H,21,25). The number of benzene rings is 1. The zero-order chi connectivity index (χ0) is 18.4. The van der Waals surface area contributed by atoms with Crippen LogP contribution in [0.15, 0.2) is 30.3 Å². The van der Waals surface area contributed by atoms with Gasteiger partial charge in [0, 0.05) is 19.1 Å². The number of para-hydroxylation sites is 1. The Morgan fingerprint density at radius 1 is 1.31 bits per heavy atom. The highest BCUT2D eigenvalue weighted by atomic mass is 16.5. The molecule has 0 spiro atoms. The third-order valence-corrected chi connectivity index (χ3v) is 5.09. The fraction of sp³-hybridized carbons (Fsp3) is 0.526. The number of hydrogen-bond donors (Lipinski definition) is 2. The minimum Gasteiger partial charge on any atom is -0.384 e. The summed E-state index contributed by atoms with van der Waals surface area (Å²) >= 11 is 0. The second-order valence-corrected chi connectivity index (χ2v) is 7.01. The molecule has 1 fully saturated rings. The Balaban J connectivity index is 1.61. The minimum atomic E-state index is -0.0257. The molecule has 1 aromatic heterocycles. The van der Waals surface area contributed by atoms with Crippen molar-refractivity contribution in [2.75, 3.05) is 33.4 Å². The number of carbonyl (C=O) groups is 1. The van der Waals surface area contributed by atoms with E-state index in [-0.39, 0.29) is 17.7 Å². The normalized spacial score (nSPS) is 16.4. The molecule has 0 atom stereocenters. The van der Waals surface area contributed by atoms with Gasteiger partial charge in [-0.3, -0.25) is 4.79 Å². The van der Waals surface area contributed by atoms with Crippen molar-refractivity contribution in [2.45, 2.75) is 26.2 Å². The Morgan fingerprint density at radius 3 is 2.73 bits per heavy atom. The summed E-state index contributed by atoms with van der Waals surface area (Å²) in [4.78, 5) is 12.5. The SMILES string of the molecule is COCC1(CNC(=O)Cc2nnn(-c3ccccc3)c2C)CCNCC1. The molecule has 0 aliphatic carbocycles. The summed E-state index contributed by atoms with van der Waals surface area (Å²) in [7, 11) is 1.72. The highest BCUT2D eigenvalue weighted by Gasteiger charge is 2.32. The maximum Gasteiger partial charge on any atom is 0.226 e. The number of nitrogens with one attached hydrogen (secondary N) is 2. The molecule has 7 heteroatoms. The van der Waals surface area contributed by atoms with Gasteiger partial charge in [-0.1, -0.05) is 23.4 Å². The molecule has 1 aliphatic heterocycles. The molecule has 1 amide bonds. The zero-order valence-corrected chi connectivity index (χ0v) is 15.5. The molecule has 0 bridgehead atoms. The summed E-state index contributed by atoms with van der Waals surface area (Å²) in [6, 6.07) is 9.81. The number of nitrogens with zero attached hydrogens (tertiary/aromatic N) is 3. The number of ether oxygens (including phenoxy) is 1. The van der Waals surface area contributed by atoms with E-state index >= 15 is 0 Å². The van der Waals surface area contributed by atoms with Crippen molar-refractivity contribution in [2.24, 2.45) is 5.41 Å². The first-order chi connectivity index (χ1) is 12.6. The van der Waals surface area contributed by atoms with Crippen LogP contribution in [0.5, 0.6) is 0 Å². The van der Waals surface area contributed by atoms with E-state index < -0.39 is 0 Å². The highest BCUT2D eigenvalue weighted by molar-refractivity contribution is 5.78. The smallest absolute Gasteiger partial charge is 0.226 e. The van der Waals surface area contributed by atoms with Gasteiger partial charge < -0.3 is 15.4 Å². The number of hydrogen-bond acceptors (Lipinski definition) is 5. The lowest BCUT2D eigenvalue weighted by atomic mass is 9.79. The van der Waals surface area contributed by atoms with Gasteiger partial charge >= 0.3 is 0 Å². The van der Waals surface area contributed by atoms with Crippen LogP contribution in [0.3, 0.4) is 0 Å². The largest absolute Gasteiger partial charge is 0.384 e. The van der Waals surface area contributed by atoms with Crippen LogP contribution in [0.4, 0.5) is 0 Å². The van der Waals surface area contributed by atoms with E-state index in [1.54, 1.807) is 11.8 Å². The Bertz CT molecular complexity index is 717. The summed E-state index contributed by atoms with van der Waals surface area (Å²) in [5.41, 5.74) is 2.56. The number of amides is 1. The molecular weight excluding hydrogens is 330 g/mol. The molecule has 2 aromatic rings. The third kappa shape index (κ3) is 4.28. The van der Waals surface area contributed by atoms with E-state index in [2.05, 4.69) is 20.9 Å². The van der Waals surface area contributed by atoms with Gasteiger partial charge in [-0.2, -0.15) is 0 Å². The van der Waals surface area contributed by atoms with Crippen LogP contribution < -0.4 is 10.6 Å². The highest BCUT2D eigenvalue weighted by Crippen LogP contribution is 2.28. The molecular formula is C19H27N5O2. The number of piperidine rings is 1. The molecule has 0 unspecified atom stereocenters. The molecule has 1 saturated heterocycles. The molecule has 2 heterocycles. The molecule has 1 aromatic carbocycles. The lowest BCUT2D eigenvalue weighted by Crippen LogP contribution is -2.47. The average molecular weight is 357 g/mol. The molecule has 0 radical (unpaired) electrons. The fourth-order valence-corrected chi connectivity index (χ4v) is 3.47. The molecule has 2 N–H and O–H groups in total. The Kier molecular flexibility index (Phi) is 6.00. The summed E-state index contributed by atoms with van der Waals surface area (Å²) in [5.74, 6) is -0.0257. The van der Waals surface area contributed by atoms with Crippen LogP contribution in [0.2, 0.25) is 0 Å². The van der Waals surface area contributed by atoms with Crippen LogP contribution in [0.25, 0.3) is 5.69 Å². The van der Waals surface area contributed by atoms with Gasteiger partial charge in [0.25, 0.3) is 0 Å². The number of rotatable bonds is 7.